The fourth-order valence-electron chi connectivity index (χ4n) is 1.77. The molecule has 0 bridgehead atoms. The Labute approximate surface area is 156 Å². The third-order valence-electron chi connectivity index (χ3n) is 2.95. The highest BCUT2D eigenvalue weighted by Gasteiger charge is 2.10. The van der Waals surface area contributed by atoms with Crippen LogP contribution in [-0.2, 0) is 6.54 Å². The molecule has 0 saturated heterocycles. The van der Waals surface area contributed by atoms with Gasteiger partial charge in [0.25, 0.3) is 0 Å². The molecule has 0 amide bonds. The number of guanidine groups is 1. The number of nitrogens with zero attached hydrogens (tertiary/aromatic N) is 2. The zero-order chi connectivity index (χ0) is 15.2. The van der Waals surface area contributed by atoms with E-state index in [9.17, 15) is 0 Å². The molecule has 8 heteroatoms. The zero-order valence-electron chi connectivity index (χ0n) is 12.1. The summed E-state index contributed by atoms with van der Waals surface area (Å²) in [4.78, 5) is 4.17. The lowest BCUT2D eigenvalue weighted by Crippen LogP contribution is -2.38. The zero-order valence-corrected chi connectivity index (χ0v) is 16.0. The number of aliphatic imine (C=N–C) groups is 1. The fourth-order valence-corrected chi connectivity index (χ4v) is 2.07. The normalized spacial score (nSPS) is 12.5. The van der Waals surface area contributed by atoms with Gasteiger partial charge in [0, 0.05) is 13.1 Å². The fraction of sp³-hybridized carbons (Fsp3) is 0.286. The molecule has 1 aromatic carbocycles. The third kappa shape index (κ3) is 5.33. The molecule has 0 aliphatic rings. The van der Waals surface area contributed by atoms with Gasteiger partial charge >= 0.3 is 0 Å². The van der Waals surface area contributed by atoms with Gasteiger partial charge in [0.15, 0.2) is 5.96 Å². The topological polar surface area (TPSA) is 62.5 Å². The SMILES string of the molecule is CN=C(NCc1ccon1)NC(C)c1ccc(Cl)c(Cl)c1.I. The van der Waals surface area contributed by atoms with Crippen LogP contribution in [0.1, 0.15) is 24.2 Å². The van der Waals surface area contributed by atoms with Gasteiger partial charge in [-0.05, 0) is 24.6 Å². The van der Waals surface area contributed by atoms with Crippen LogP contribution in [0, 0.1) is 0 Å². The maximum absolute atomic E-state index is 6.03. The maximum atomic E-state index is 6.03. The number of benzene rings is 1. The number of nitrogens with one attached hydrogen (secondary N) is 2. The molecular weight excluding hydrogens is 438 g/mol. The largest absolute Gasteiger partial charge is 0.364 e. The van der Waals surface area contributed by atoms with E-state index in [2.05, 4.69) is 20.8 Å². The summed E-state index contributed by atoms with van der Waals surface area (Å²) < 4.78 is 4.78. The predicted octanol–water partition coefficient (Wildman–Crippen LogP) is 4.03. The molecule has 0 saturated carbocycles. The van der Waals surface area contributed by atoms with Gasteiger partial charge in [-0.1, -0.05) is 34.4 Å². The molecule has 120 valence electrons. The molecule has 22 heavy (non-hydrogen) atoms. The van der Waals surface area contributed by atoms with Crippen molar-refractivity contribution in [2.45, 2.75) is 19.5 Å². The molecule has 1 unspecified atom stereocenters. The minimum Gasteiger partial charge on any atom is -0.364 e. The summed E-state index contributed by atoms with van der Waals surface area (Å²) in [5.41, 5.74) is 1.83. The van der Waals surface area contributed by atoms with E-state index < -0.39 is 0 Å². The van der Waals surface area contributed by atoms with Crippen molar-refractivity contribution in [1.29, 1.82) is 0 Å². The third-order valence-corrected chi connectivity index (χ3v) is 3.69. The van der Waals surface area contributed by atoms with Gasteiger partial charge in [-0.15, -0.1) is 24.0 Å². The highest BCUT2D eigenvalue weighted by molar-refractivity contribution is 14.0. The second-order valence-corrected chi connectivity index (χ2v) is 5.27. The summed E-state index contributed by atoms with van der Waals surface area (Å²) in [6.45, 7) is 2.55. The molecule has 2 N–H and O–H groups in total. The Morgan fingerprint density at radius 2 is 2.09 bits per heavy atom. The minimum absolute atomic E-state index is 0. The van der Waals surface area contributed by atoms with E-state index in [1.807, 2.05) is 19.1 Å². The van der Waals surface area contributed by atoms with Gasteiger partial charge in [-0.2, -0.15) is 0 Å². The lowest BCUT2D eigenvalue weighted by atomic mass is 10.1. The van der Waals surface area contributed by atoms with Crippen LogP contribution in [0.5, 0.6) is 0 Å². The molecule has 0 radical (unpaired) electrons. The molecular formula is C14H17Cl2IN4O. The van der Waals surface area contributed by atoms with Gasteiger partial charge in [0.05, 0.1) is 22.6 Å². The van der Waals surface area contributed by atoms with Gasteiger partial charge in [-0.25, -0.2) is 0 Å². The average molecular weight is 455 g/mol. The van der Waals surface area contributed by atoms with Crippen LogP contribution >= 0.6 is 47.2 Å². The molecule has 0 aliphatic carbocycles. The second-order valence-electron chi connectivity index (χ2n) is 4.46. The van der Waals surface area contributed by atoms with Gasteiger partial charge in [0.1, 0.15) is 12.0 Å². The Balaban J connectivity index is 0.00000242. The second kappa shape index (κ2) is 9.22. The maximum Gasteiger partial charge on any atom is 0.191 e. The van der Waals surface area contributed by atoms with Gasteiger partial charge in [0.2, 0.25) is 0 Å². The highest BCUT2D eigenvalue weighted by Crippen LogP contribution is 2.25. The summed E-state index contributed by atoms with van der Waals surface area (Å²) in [7, 11) is 1.71. The van der Waals surface area contributed by atoms with Crippen LogP contribution in [0.25, 0.3) is 0 Å². The highest BCUT2D eigenvalue weighted by atomic mass is 127. The molecule has 0 fully saturated rings. The number of halogens is 3. The summed E-state index contributed by atoms with van der Waals surface area (Å²) in [5.74, 6) is 0.663. The summed E-state index contributed by atoms with van der Waals surface area (Å²) >= 11 is 12.0. The minimum atomic E-state index is 0. The summed E-state index contributed by atoms with van der Waals surface area (Å²) in [5, 5.41) is 11.3. The average Bonchev–Trinajstić information content (AvgIpc) is 2.99. The Bertz CT molecular complexity index is 619. The van der Waals surface area contributed by atoms with Crippen molar-refractivity contribution in [3.8, 4) is 0 Å². The standard InChI is InChI=1S/C14H16Cl2N4O.HI/c1-9(10-3-4-12(15)13(16)7-10)19-14(17-2)18-8-11-5-6-21-20-11;/h3-7,9H,8H2,1-2H3,(H2,17,18,19);1H. The molecule has 1 atom stereocenters. The Hall–Kier alpha value is -0.990. The molecule has 1 heterocycles. The number of hydrogen-bond donors (Lipinski definition) is 2. The quantitative estimate of drug-likeness (QED) is 0.416. The van der Waals surface area contributed by atoms with Gasteiger partial charge in [-0.3, -0.25) is 4.99 Å². The first-order valence-corrected chi connectivity index (χ1v) is 7.17. The van der Waals surface area contributed by atoms with Crippen molar-refractivity contribution in [3.63, 3.8) is 0 Å². The van der Waals surface area contributed by atoms with Crippen LogP contribution in [0.2, 0.25) is 10.0 Å². The van der Waals surface area contributed by atoms with Crippen molar-refractivity contribution in [3.05, 3.63) is 51.8 Å². The lowest BCUT2D eigenvalue weighted by Gasteiger charge is -2.18. The van der Waals surface area contributed by atoms with E-state index in [0.717, 1.165) is 11.3 Å². The Kier molecular flexibility index (Phi) is 7.98. The van der Waals surface area contributed by atoms with E-state index in [1.54, 1.807) is 19.2 Å². The lowest BCUT2D eigenvalue weighted by molar-refractivity contribution is 0.410. The molecule has 1 aromatic heterocycles. The summed E-state index contributed by atoms with van der Waals surface area (Å²) in [6, 6.07) is 7.37. The van der Waals surface area contributed by atoms with E-state index in [-0.39, 0.29) is 30.0 Å². The van der Waals surface area contributed by atoms with Crippen molar-refractivity contribution in [1.82, 2.24) is 15.8 Å². The molecule has 0 aliphatic heterocycles. The molecule has 5 nitrogen and oxygen atoms in total. The number of aromatic nitrogens is 1. The van der Waals surface area contributed by atoms with E-state index >= 15 is 0 Å². The van der Waals surface area contributed by atoms with Gasteiger partial charge < -0.3 is 15.2 Å². The van der Waals surface area contributed by atoms with Crippen LogP contribution in [0.4, 0.5) is 0 Å². The first kappa shape index (κ1) is 19.1. The van der Waals surface area contributed by atoms with E-state index in [4.69, 9.17) is 27.7 Å². The molecule has 0 spiro atoms. The van der Waals surface area contributed by atoms with Crippen molar-refractivity contribution in [2.24, 2.45) is 4.99 Å². The smallest absolute Gasteiger partial charge is 0.191 e. The predicted molar refractivity (Wildman–Crippen MR) is 100 cm³/mol. The summed E-state index contributed by atoms with van der Waals surface area (Å²) in [6.07, 6.45) is 1.53. The van der Waals surface area contributed by atoms with Crippen LogP contribution in [0.15, 0.2) is 40.0 Å². The van der Waals surface area contributed by atoms with Crippen LogP contribution < -0.4 is 10.6 Å². The Morgan fingerprint density at radius 1 is 1.32 bits per heavy atom. The van der Waals surface area contributed by atoms with E-state index in [1.165, 1.54) is 6.26 Å². The van der Waals surface area contributed by atoms with Crippen molar-refractivity contribution < 1.29 is 4.52 Å². The first-order valence-electron chi connectivity index (χ1n) is 6.41. The van der Waals surface area contributed by atoms with Crippen LogP contribution in [0.3, 0.4) is 0 Å². The van der Waals surface area contributed by atoms with E-state index in [0.29, 0.717) is 22.5 Å². The number of rotatable bonds is 4. The monoisotopic (exact) mass is 454 g/mol. The van der Waals surface area contributed by atoms with Crippen molar-refractivity contribution >= 4 is 53.1 Å². The molecule has 2 rings (SSSR count). The first-order chi connectivity index (χ1) is 10.1. The molecule has 2 aromatic rings. The van der Waals surface area contributed by atoms with Crippen molar-refractivity contribution in [2.75, 3.05) is 7.05 Å². The number of hydrogen-bond acceptors (Lipinski definition) is 3. The Morgan fingerprint density at radius 3 is 2.68 bits per heavy atom. The van der Waals surface area contributed by atoms with Crippen LogP contribution in [-0.4, -0.2) is 18.2 Å².